The number of ether oxygens (including phenoxy) is 3. The first-order valence-corrected chi connectivity index (χ1v) is 17.3. The molecule has 1 aliphatic rings. The number of hydrazine groups is 1. The van der Waals surface area contributed by atoms with Gasteiger partial charge in [-0.1, -0.05) is 30.3 Å². The number of carbonyl (C=O) groups excluding carboxylic acids is 1. The maximum absolute atomic E-state index is 14.3. The Labute approximate surface area is 283 Å². The minimum atomic E-state index is -3.86. The van der Waals surface area contributed by atoms with Crippen molar-refractivity contribution in [2.24, 2.45) is 4.99 Å². The summed E-state index contributed by atoms with van der Waals surface area (Å²) in [5, 5.41) is 9.05. The smallest absolute Gasteiger partial charge is 0.266 e. The molecule has 1 aliphatic heterocycles. The Balaban J connectivity index is 1.49. The number of nitrogens with zero attached hydrogens (tertiary/aromatic N) is 1. The summed E-state index contributed by atoms with van der Waals surface area (Å²) in [5.74, 6) is -1.39. The van der Waals surface area contributed by atoms with Crippen molar-refractivity contribution >= 4 is 21.6 Å². The Bertz CT molecular complexity index is 1860. The van der Waals surface area contributed by atoms with Gasteiger partial charge in [0.25, 0.3) is 5.91 Å². The van der Waals surface area contributed by atoms with Crippen molar-refractivity contribution < 1.29 is 41.3 Å². The zero-order valence-corrected chi connectivity index (χ0v) is 27.6. The third-order valence-corrected chi connectivity index (χ3v) is 9.68. The van der Waals surface area contributed by atoms with Crippen molar-refractivity contribution in [3.63, 3.8) is 0 Å². The summed E-state index contributed by atoms with van der Waals surface area (Å²) < 4.78 is 72.0. The molecule has 3 N–H and O–H groups in total. The van der Waals surface area contributed by atoms with Gasteiger partial charge in [-0.3, -0.25) is 10.2 Å². The summed E-state index contributed by atoms with van der Waals surface area (Å²) in [5.41, 5.74) is 5.08. The molecule has 0 unspecified atom stereocenters. The maximum Gasteiger partial charge on any atom is 0.266 e. The number of nitrogens with one attached hydrogen (secondary N) is 2. The van der Waals surface area contributed by atoms with E-state index in [1.54, 1.807) is 66.7 Å². The first-order valence-electron chi connectivity index (χ1n) is 15.6. The largest absolute Gasteiger partial charge is 0.497 e. The Morgan fingerprint density at radius 1 is 0.959 bits per heavy atom. The molecular formula is C36H37F2N3O7S. The van der Waals surface area contributed by atoms with Crippen LogP contribution in [0.4, 0.5) is 8.78 Å². The lowest BCUT2D eigenvalue weighted by Crippen LogP contribution is -2.53. The summed E-state index contributed by atoms with van der Waals surface area (Å²) in [6, 6.07) is 24.8. The van der Waals surface area contributed by atoms with Crippen molar-refractivity contribution in [2.75, 3.05) is 32.6 Å². The van der Waals surface area contributed by atoms with Crippen molar-refractivity contribution in [2.45, 2.75) is 35.8 Å². The molecule has 0 aromatic heterocycles. The fourth-order valence-electron chi connectivity index (χ4n) is 5.42. The van der Waals surface area contributed by atoms with Gasteiger partial charge in [0, 0.05) is 37.6 Å². The van der Waals surface area contributed by atoms with E-state index < -0.39 is 44.8 Å². The average molecular weight is 694 g/mol. The first kappa shape index (κ1) is 35.5. The molecule has 258 valence electrons. The third kappa shape index (κ3) is 8.79. The second kappa shape index (κ2) is 16.0. The van der Waals surface area contributed by atoms with Gasteiger partial charge in [0.05, 0.1) is 24.4 Å². The summed E-state index contributed by atoms with van der Waals surface area (Å²) in [4.78, 5) is 19.2. The minimum absolute atomic E-state index is 0.00323. The standard InChI is InChI=1S/C36H37F2N3O7S/c1-46-31-8-5-7-27(23-31)33-36(16-20-49(44,45)32-9-3-2-4-10-32,35(43)41-39-17-15-25-21-28(37)24-29(38)22-25)40-34(48-33)26-11-13-30(14-12-26)47-19-6-18-42/h2-5,7-14,21-24,33,39,42H,6,15-20H2,1H3,(H,41,43)/t33-,36-/m0/s1. The number of hydrogen-bond acceptors (Lipinski definition) is 9. The topological polar surface area (TPSA) is 136 Å². The molecule has 0 bridgehead atoms. The van der Waals surface area contributed by atoms with E-state index in [9.17, 15) is 22.0 Å². The van der Waals surface area contributed by atoms with Gasteiger partial charge >= 0.3 is 0 Å². The van der Waals surface area contributed by atoms with Crippen LogP contribution in [0.1, 0.15) is 35.6 Å². The fraction of sp³-hybridized carbons (Fsp3) is 0.278. The van der Waals surface area contributed by atoms with E-state index in [2.05, 4.69) is 10.9 Å². The number of amides is 1. The van der Waals surface area contributed by atoms with Crippen LogP contribution < -0.4 is 20.3 Å². The number of methoxy groups -OCH3 is 1. The summed E-state index contributed by atoms with van der Waals surface area (Å²) >= 11 is 0. The maximum atomic E-state index is 14.3. The highest BCUT2D eigenvalue weighted by molar-refractivity contribution is 7.91. The van der Waals surface area contributed by atoms with Crippen molar-refractivity contribution in [3.8, 4) is 11.5 Å². The second-order valence-corrected chi connectivity index (χ2v) is 13.5. The Morgan fingerprint density at radius 3 is 2.39 bits per heavy atom. The van der Waals surface area contributed by atoms with Crippen LogP contribution in [0.5, 0.6) is 11.5 Å². The van der Waals surface area contributed by atoms with Crippen molar-refractivity contribution in [3.05, 3.63) is 125 Å². The summed E-state index contributed by atoms with van der Waals surface area (Å²) in [6.45, 7) is 0.425. The van der Waals surface area contributed by atoms with Gasteiger partial charge in [0.1, 0.15) is 23.1 Å². The fourth-order valence-corrected chi connectivity index (χ4v) is 6.81. The van der Waals surface area contributed by atoms with Crippen LogP contribution >= 0.6 is 0 Å². The zero-order chi connectivity index (χ0) is 34.9. The number of hydrogen-bond donors (Lipinski definition) is 3. The lowest BCUT2D eigenvalue weighted by atomic mass is 9.85. The van der Waals surface area contributed by atoms with E-state index in [-0.39, 0.29) is 36.8 Å². The highest BCUT2D eigenvalue weighted by Gasteiger charge is 2.53. The van der Waals surface area contributed by atoms with E-state index in [0.717, 1.165) is 6.07 Å². The number of benzene rings is 4. The number of carbonyl (C=O) groups is 1. The monoisotopic (exact) mass is 693 g/mol. The van der Waals surface area contributed by atoms with Crippen LogP contribution in [0.2, 0.25) is 0 Å². The summed E-state index contributed by atoms with van der Waals surface area (Å²) in [6.07, 6.45) is -0.693. The van der Waals surface area contributed by atoms with E-state index >= 15 is 0 Å². The number of rotatable bonds is 16. The predicted octanol–water partition coefficient (Wildman–Crippen LogP) is 4.72. The van der Waals surface area contributed by atoms with Crippen LogP contribution in [0.15, 0.2) is 107 Å². The van der Waals surface area contributed by atoms with Gasteiger partial charge in [-0.05, 0) is 78.2 Å². The molecule has 0 saturated heterocycles. The van der Waals surface area contributed by atoms with Gasteiger partial charge in [-0.2, -0.15) is 0 Å². The summed E-state index contributed by atoms with van der Waals surface area (Å²) in [7, 11) is -2.36. The lowest BCUT2D eigenvalue weighted by Gasteiger charge is -2.30. The molecule has 1 amide bonds. The van der Waals surface area contributed by atoms with Gasteiger partial charge in [0.15, 0.2) is 21.5 Å². The average Bonchev–Trinajstić information content (AvgIpc) is 3.51. The van der Waals surface area contributed by atoms with E-state index in [1.807, 2.05) is 0 Å². The lowest BCUT2D eigenvalue weighted by molar-refractivity contribution is -0.130. The van der Waals surface area contributed by atoms with Crippen LogP contribution in [-0.2, 0) is 25.8 Å². The van der Waals surface area contributed by atoms with Crippen LogP contribution in [0.3, 0.4) is 0 Å². The molecule has 4 aromatic carbocycles. The Morgan fingerprint density at radius 2 is 1.69 bits per heavy atom. The molecular weight excluding hydrogens is 656 g/mol. The van der Waals surface area contributed by atoms with E-state index in [0.29, 0.717) is 41.2 Å². The van der Waals surface area contributed by atoms with Gasteiger partial charge < -0.3 is 19.3 Å². The number of aliphatic imine (C=N–C) groups is 1. The molecule has 10 nitrogen and oxygen atoms in total. The Hall–Kier alpha value is -4.85. The highest BCUT2D eigenvalue weighted by atomic mass is 32.2. The normalized spacial score (nSPS) is 17.2. The molecule has 1 heterocycles. The van der Waals surface area contributed by atoms with Gasteiger partial charge in [-0.25, -0.2) is 27.6 Å². The van der Waals surface area contributed by atoms with E-state index in [4.69, 9.17) is 24.3 Å². The quantitative estimate of drug-likeness (QED) is 0.113. The number of halogens is 2. The molecule has 0 spiro atoms. The number of aliphatic hydroxyl groups excluding tert-OH is 1. The van der Waals surface area contributed by atoms with Crippen LogP contribution in [0, 0.1) is 11.6 Å². The molecule has 13 heteroatoms. The predicted molar refractivity (Wildman–Crippen MR) is 179 cm³/mol. The molecule has 5 rings (SSSR count). The second-order valence-electron chi connectivity index (χ2n) is 11.4. The molecule has 49 heavy (non-hydrogen) atoms. The van der Waals surface area contributed by atoms with Crippen LogP contribution in [-0.4, -0.2) is 63.5 Å². The number of aliphatic hydroxyl groups is 1. The highest BCUT2D eigenvalue weighted by Crippen LogP contribution is 2.43. The SMILES string of the molecule is COc1cccc([C@@H]2OC(c3ccc(OCCCO)cc3)=N[C@]2(CCS(=O)(=O)c2ccccc2)C(=O)NNCCc2cc(F)cc(F)c2)c1. The van der Waals surface area contributed by atoms with E-state index in [1.165, 1.54) is 31.4 Å². The Kier molecular flexibility index (Phi) is 11.6. The molecule has 0 fully saturated rings. The molecule has 4 aromatic rings. The molecule has 2 atom stereocenters. The van der Waals surface area contributed by atoms with Gasteiger partial charge in [0.2, 0.25) is 5.90 Å². The third-order valence-electron chi connectivity index (χ3n) is 7.94. The first-order chi connectivity index (χ1) is 23.6. The molecule has 0 saturated carbocycles. The zero-order valence-electron chi connectivity index (χ0n) is 26.8. The van der Waals surface area contributed by atoms with Crippen molar-refractivity contribution in [1.29, 1.82) is 0 Å². The molecule has 0 aliphatic carbocycles. The van der Waals surface area contributed by atoms with Gasteiger partial charge in [-0.15, -0.1) is 0 Å². The van der Waals surface area contributed by atoms with Crippen molar-refractivity contribution in [1.82, 2.24) is 10.9 Å². The number of sulfone groups is 1. The minimum Gasteiger partial charge on any atom is -0.497 e. The van der Waals surface area contributed by atoms with Crippen LogP contribution in [0.25, 0.3) is 0 Å². The molecule has 0 radical (unpaired) electrons.